The second kappa shape index (κ2) is 9.96. The van der Waals surface area contributed by atoms with E-state index in [1.807, 2.05) is 18.7 Å². The summed E-state index contributed by atoms with van der Waals surface area (Å²) in [6.07, 6.45) is 0.428. The maximum absolute atomic E-state index is 12.4. The van der Waals surface area contributed by atoms with E-state index in [0.717, 1.165) is 0 Å². The van der Waals surface area contributed by atoms with Crippen LogP contribution in [0.5, 0.6) is 28.7 Å². The second-order valence-corrected chi connectivity index (χ2v) is 6.28. The third kappa shape index (κ3) is 4.03. The van der Waals surface area contributed by atoms with E-state index in [-0.39, 0.29) is 11.3 Å². The van der Waals surface area contributed by atoms with Gasteiger partial charge < -0.3 is 33.7 Å². The Labute approximate surface area is 176 Å². The van der Waals surface area contributed by atoms with Gasteiger partial charge in [-0.1, -0.05) is 6.92 Å². The summed E-state index contributed by atoms with van der Waals surface area (Å²) in [5.41, 5.74) is 1.67. The first-order chi connectivity index (χ1) is 14.4. The van der Waals surface area contributed by atoms with E-state index in [0.29, 0.717) is 52.9 Å². The Kier molecular flexibility index (Phi) is 7.63. The van der Waals surface area contributed by atoms with Crippen LogP contribution in [0.2, 0.25) is 0 Å². The van der Waals surface area contributed by atoms with E-state index in [1.54, 1.807) is 32.4 Å². The predicted molar refractivity (Wildman–Crippen MR) is 115 cm³/mol. The van der Waals surface area contributed by atoms with E-state index < -0.39 is 5.97 Å². The highest BCUT2D eigenvalue weighted by atomic mass is 16.5. The number of hydrogen-bond acceptors (Lipinski definition) is 7. The Morgan fingerprint density at radius 2 is 1.37 bits per heavy atom. The first-order valence-corrected chi connectivity index (χ1v) is 9.50. The zero-order valence-corrected chi connectivity index (χ0v) is 18.5. The van der Waals surface area contributed by atoms with Crippen molar-refractivity contribution in [2.45, 2.75) is 20.3 Å². The van der Waals surface area contributed by atoms with Gasteiger partial charge in [-0.15, -0.1) is 0 Å². The van der Waals surface area contributed by atoms with Gasteiger partial charge in [0.1, 0.15) is 17.2 Å². The van der Waals surface area contributed by atoms with E-state index in [9.17, 15) is 9.90 Å². The number of rotatable bonds is 10. The summed E-state index contributed by atoms with van der Waals surface area (Å²) in [6.45, 7) is 4.23. The minimum absolute atomic E-state index is 0.0932. The van der Waals surface area contributed by atoms with E-state index in [4.69, 9.17) is 23.7 Å². The fourth-order valence-corrected chi connectivity index (χ4v) is 3.55. The minimum atomic E-state index is -1.09. The Hall–Kier alpha value is -3.29. The number of ether oxygens (including phenoxy) is 5. The lowest BCUT2D eigenvalue weighted by Gasteiger charge is -2.30. The molecule has 0 amide bonds. The first-order valence-electron chi connectivity index (χ1n) is 9.50. The van der Waals surface area contributed by atoms with Crippen LogP contribution >= 0.6 is 0 Å². The van der Waals surface area contributed by atoms with Crippen molar-refractivity contribution in [2.75, 3.05) is 47.0 Å². The van der Waals surface area contributed by atoms with Crippen LogP contribution < -0.4 is 28.6 Å². The van der Waals surface area contributed by atoms with Crippen molar-refractivity contribution in [3.05, 3.63) is 29.3 Å². The summed E-state index contributed by atoms with van der Waals surface area (Å²) in [6, 6.07) is 5.36. The molecule has 0 aliphatic rings. The van der Waals surface area contributed by atoms with Crippen LogP contribution in [0.15, 0.2) is 18.2 Å². The van der Waals surface area contributed by atoms with E-state index in [1.165, 1.54) is 21.3 Å². The van der Waals surface area contributed by atoms with Crippen molar-refractivity contribution in [2.24, 2.45) is 0 Å². The molecule has 164 valence electrons. The van der Waals surface area contributed by atoms with Crippen LogP contribution in [0.4, 0.5) is 11.4 Å². The Bertz CT molecular complexity index is 889. The van der Waals surface area contributed by atoms with Gasteiger partial charge in [0.15, 0.2) is 11.5 Å². The highest BCUT2D eigenvalue weighted by Gasteiger charge is 2.32. The maximum Gasteiger partial charge on any atom is 0.338 e. The molecule has 0 saturated carbocycles. The summed E-state index contributed by atoms with van der Waals surface area (Å²) >= 11 is 0. The standard InChI is InChI=1S/C22H29NO7/c1-8-16-17(22(24)25)18(20(29-6)21(30-7)19(16)28-5)23(9-2)13-10-14(26-3)12-15(11-13)27-4/h10-12H,8-9H2,1-7H3,(H,24,25). The van der Waals surface area contributed by atoms with Gasteiger partial charge in [0.2, 0.25) is 5.75 Å². The fourth-order valence-electron chi connectivity index (χ4n) is 3.55. The van der Waals surface area contributed by atoms with Crippen molar-refractivity contribution < 1.29 is 33.6 Å². The van der Waals surface area contributed by atoms with Gasteiger partial charge in [-0.3, -0.25) is 0 Å². The van der Waals surface area contributed by atoms with Crippen LogP contribution in [-0.4, -0.2) is 53.2 Å². The summed E-state index contributed by atoms with van der Waals surface area (Å²) in [7, 11) is 7.56. The number of methoxy groups -OCH3 is 5. The molecule has 0 aliphatic carbocycles. The molecule has 0 heterocycles. The molecular formula is C22H29NO7. The third-order valence-corrected chi connectivity index (χ3v) is 4.85. The predicted octanol–water partition coefficient (Wildman–Crippen LogP) is 4.15. The number of nitrogens with zero attached hydrogens (tertiary/aromatic N) is 1. The Morgan fingerprint density at radius 1 is 0.833 bits per heavy atom. The molecule has 30 heavy (non-hydrogen) atoms. The Balaban J connectivity index is 2.97. The molecule has 1 N–H and O–H groups in total. The lowest BCUT2D eigenvalue weighted by atomic mass is 9.98. The number of carbonyl (C=O) groups is 1. The molecule has 0 atom stereocenters. The van der Waals surface area contributed by atoms with Gasteiger partial charge in [0.05, 0.1) is 41.1 Å². The number of hydrogen-bond donors (Lipinski definition) is 1. The molecule has 0 bridgehead atoms. The van der Waals surface area contributed by atoms with Crippen molar-refractivity contribution >= 4 is 17.3 Å². The van der Waals surface area contributed by atoms with Crippen molar-refractivity contribution in [1.82, 2.24) is 0 Å². The number of carboxylic acid groups (broad SMARTS) is 1. The molecule has 0 radical (unpaired) electrons. The van der Waals surface area contributed by atoms with Gasteiger partial charge in [0.25, 0.3) is 0 Å². The van der Waals surface area contributed by atoms with E-state index >= 15 is 0 Å². The van der Waals surface area contributed by atoms with Crippen molar-refractivity contribution in [3.63, 3.8) is 0 Å². The SMILES string of the molecule is CCc1c(OC)c(OC)c(OC)c(N(CC)c2cc(OC)cc(OC)c2)c1C(=O)O. The molecule has 2 aromatic rings. The highest BCUT2D eigenvalue weighted by molar-refractivity contribution is 6.01. The van der Waals surface area contributed by atoms with Gasteiger partial charge in [0, 0.05) is 36.0 Å². The highest BCUT2D eigenvalue weighted by Crippen LogP contribution is 2.51. The largest absolute Gasteiger partial charge is 0.497 e. The van der Waals surface area contributed by atoms with Crippen LogP contribution in [-0.2, 0) is 6.42 Å². The number of carboxylic acids is 1. The zero-order chi connectivity index (χ0) is 22.4. The van der Waals surface area contributed by atoms with Gasteiger partial charge in [-0.2, -0.15) is 0 Å². The average Bonchev–Trinajstić information content (AvgIpc) is 2.77. The monoisotopic (exact) mass is 419 g/mol. The quantitative estimate of drug-likeness (QED) is 0.615. The molecule has 0 fully saturated rings. The maximum atomic E-state index is 12.4. The fraction of sp³-hybridized carbons (Fsp3) is 0.409. The van der Waals surface area contributed by atoms with Crippen molar-refractivity contribution in [1.29, 1.82) is 0 Å². The average molecular weight is 419 g/mol. The molecule has 0 aromatic heterocycles. The zero-order valence-electron chi connectivity index (χ0n) is 18.5. The summed E-state index contributed by atoms with van der Waals surface area (Å²) in [5, 5.41) is 10.1. The normalized spacial score (nSPS) is 10.4. The molecular weight excluding hydrogens is 390 g/mol. The molecule has 0 aliphatic heterocycles. The molecule has 0 unspecified atom stereocenters. The molecule has 0 spiro atoms. The number of aromatic carboxylic acids is 1. The lowest BCUT2D eigenvalue weighted by Crippen LogP contribution is -2.22. The lowest BCUT2D eigenvalue weighted by molar-refractivity contribution is 0.0695. The topological polar surface area (TPSA) is 86.7 Å². The Morgan fingerprint density at radius 3 is 1.73 bits per heavy atom. The minimum Gasteiger partial charge on any atom is -0.497 e. The first kappa shape index (κ1) is 23.0. The smallest absolute Gasteiger partial charge is 0.338 e. The third-order valence-electron chi connectivity index (χ3n) is 4.85. The second-order valence-electron chi connectivity index (χ2n) is 6.28. The van der Waals surface area contributed by atoms with Gasteiger partial charge >= 0.3 is 5.97 Å². The number of anilines is 2. The van der Waals surface area contributed by atoms with Crippen LogP contribution in [0, 0.1) is 0 Å². The molecule has 2 aromatic carbocycles. The molecule has 2 rings (SSSR count). The van der Waals surface area contributed by atoms with Gasteiger partial charge in [-0.25, -0.2) is 4.79 Å². The summed E-state index contributed by atoms with van der Waals surface area (Å²) in [4.78, 5) is 14.2. The number of benzene rings is 2. The van der Waals surface area contributed by atoms with Crippen LogP contribution in [0.1, 0.15) is 29.8 Å². The van der Waals surface area contributed by atoms with Crippen LogP contribution in [0.3, 0.4) is 0 Å². The van der Waals surface area contributed by atoms with Crippen LogP contribution in [0.25, 0.3) is 0 Å². The summed E-state index contributed by atoms with van der Waals surface area (Å²) in [5.74, 6) is 1.02. The van der Waals surface area contributed by atoms with Crippen molar-refractivity contribution in [3.8, 4) is 28.7 Å². The molecule has 0 saturated heterocycles. The molecule has 8 heteroatoms. The van der Waals surface area contributed by atoms with Gasteiger partial charge in [-0.05, 0) is 13.3 Å². The molecule has 8 nitrogen and oxygen atoms in total. The summed E-state index contributed by atoms with van der Waals surface area (Å²) < 4.78 is 27.5. The van der Waals surface area contributed by atoms with E-state index in [2.05, 4.69) is 0 Å².